The van der Waals surface area contributed by atoms with E-state index in [-0.39, 0.29) is 38.8 Å². The minimum atomic E-state index is -3.89. The first-order chi connectivity index (χ1) is 13.9. The van der Waals surface area contributed by atoms with Crippen LogP contribution in [0.2, 0.25) is 0 Å². The fourth-order valence-electron chi connectivity index (χ4n) is 3.35. The molecule has 29 heavy (non-hydrogen) atoms. The molecule has 0 unspecified atom stereocenters. The van der Waals surface area contributed by atoms with Crippen molar-refractivity contribution in [1.82, 2.24) is 5.32 Å². The van der Waals surface area contributed by atoms with E-state index in [2.05, 4.69) is 5.32 Å². The van der Waals surface area contributed by atoms with E-state index in [0.29, 0.717) is 5.75 Å². The maximum absolute atomic E-state index is 13.0. The summed E-state index contributed by atoms with van der Waals surface area (Å²) in [4.78, 5) is 25.1. The number of hydrogen-bond donors (Lipinski definition) is 1. The SMILES string of the molecule is COc1ccccc1CNC(=O)c1ccc2c(c1)S(=O)(=O)c1ccccc1C2=O. The normalized spacial score (nSPS) is 13.9. The topological polar surface area (TPSA) is 89.5 Å². The largest absolute Gasteiger partial charge is 0.496 e. The molecule has 3 aromatic carbocycles. The van der Waals surface area contributed by atoms with E-state index >= 15 is 0 Å². The van der Waals surface area contributed by atoms with E-state index in [0.717, 1.165) is 5.56 Å². The molecule has 146 valence electrons. The first-order valence-corrected chi connectivity index (χ1v) is 10.3. The van der Waals surface area contributed by atoms with Gasteiger partial charge in [0.1, 0.15) is 5.75 Å². The lowest BCUT2D eigenvalue weighted by Gasteiger charge is -2.19. The number of ether oxygens (including phenoxy) is 1. The third-order valence-corrected chi connectivity index (χ3v) is 6.68. The highest BCUT2D eigenvalue weighted by atomic mass is 32.2. The number of amides is 1. The number of carbonyl (C=O) groups excluding carboxylic acids is 2. The summed E-state index contributed by atoms with van der Waals surface area (Å²) >= 11 is 0. The molecule has 0 radical (unpaired) electrons. The highest BCUT2D eigenvalue weighted by Crippen LogP contribution is 2.34. The van der Waals surface area contributed by atoms with E-state index in [4.69, 9.17) is 4.74 Å². The van der Waals surface area contributed by atoms with Gasteiger partial charge in [-0.1, -0.05) is 30.3 Å². The van der Waals surface area contributed by atoms with Crippen LogP contribution in [-0.2, 0) is 16.4 Å². The molecular formula is C22H17NO5S. The molecule has 0 aromatic heterocycles. The monoisotopic (exact) mass is 407 g/mol. The summed E-state index contributed by atoms with van der Waals surface area (Å²) in [6.07, 6.45) is 0. The molecule has 0 saturated heterocycles. The van der Waals surface area contributed by atoms with Gasteiger partial charge in [0.15, 0.2) is 5.78 Å². The molecule has 0 saturated carbocycles. The number of nitrogens with one attached hydrogen (secondary N) is 1. The predicted octanol–water partition coefficient (Wildman–Crippen LogP) is 3.00. The van der Waals surface area contributed by atoms with Gasteiger partial charge in [-0.05, 0) is 36.4 Å². The quantitative estimate of drug-likeness (QED) is 0.562. The maximum atomic E-state index is 13.0. The van der Waals surface area contributed by atoms with Crippen LogP contribution in [0.1, 0.15) is 31.8 Å². The van der Waals surface area contributed by atoms with Crippen LogP contribution in [-0.4, -0.2) is 27.2 Å². The second-order valence-corrected chi connectivity index (χ2v) is 8.42. The Bertz CT molecular complexity index is 1250. The van der Waals surface area contributed by atoms with Gasteiger partial charge in [0, 0.05) is 28.8 Å². The molecular weight excluding hydrogens is 390 g/mol. The molecule has 1 heterocycles. The van der Waals surface area contributed by atoms with Gasteiger partial charge in [0.25, 0.3) is 5.91 Å². The van der Waals surface area contributed by atoms with E-state index in [1.54, 1.807) is 25.3 Å². The van der Waals surface area contributed by atoms with Crippen molar-refractivity contribution in [2.45, 2.75) is 16.3 Å². The van der Waals surface area contributed by atoms with Crippen LogP contribution in [0.5, 0.6) is 5.75 Å². The first-order valence-electron chi connectivity index (χ1n) is 8.86. The highest BCUT2D eigenvalue weighted by Gasteiger charge is 2.34. The zero-order valence-corrected chi connectivity index (χ0v) is 16.3. The molecule has 6 nitrogen and oxygen atoms in total. The number of rotatable bonds is 4. The van der Waals surface area contributed by atoms with Crippen molar-refractivity contribution in [2.75, 3.05) is 7.11 Å². The van der Waals surface area contributed by atoms with Gasteiger partial charge in [-0.3, -0.25) is 9.59 Å². The maximum Gasteiger partial charge on any atom is 0.251 e. The second-order valence-electron chi connectivity index (χ2n) is 6.53. The average molecular weight is 407 g/mol. The minimum Gasteiger partial charge on any atom is -0.496 e. The number of ketones is 1. The third kappa shape index (κ3) is 3.19. The second kappa shape index (κ2) is 7.18. The van der Waals surface area contributed by atoms with Gasteiger partial charge in [0.05, 0.1) is 16.9 Å². The molecule has 0 bridgehead atoms. The van der Waals surface area contributed by atoms with E-state index in [9.17, 15) is 18.0 Å². The van der Waals surface area contributed by atoms with Gasteiger partial charge in [0.2, 0.25) is 9.84 Å². The minimum absolute atomic E-state index is 0.0379. The smallest absolute Gasteiger partial charge is 0.251 e. The molecule has 1 N–H and O–H groups in total. The van der Waals surface area contributed by atoms with Crippen molar-refractivity contribution < 1.29 is 22.7 Å². The molecule has 1 aliphatic heterocycles. The van der Waals surface area contributed by atoms with E-state index < -0.39 is 15.7 Å². The number of sulfone groups is 1. The fraction of sp³-hybridized carbons (Fsp3) is 0.0909. The predicted molar refractivity (Wildman–Crippen MR) is 106 cm³/mol. The van der Waals surface area contributed by atoms with E-state index in [1.807, 2.05) is 18.2 Å². The van der Waals surface area contributed by atoms with Crippen molar-refractivity contribution in [2.24, 2.45) is 0 Å². The summed E-state index contributed by atoms with van der Waals surface area (Å²) in [5.74, 6) is -0.172. The molecule has 0 atom stereocenters. The van der Waals surface area contributed by atoms with Crippen LogP contribution in [0.25, 0.3) is 0 Å². The Labute approximate surface area is 168 Å². The van der Waals surface area contributed by atoms with Gasteiger partial charge in [-0.2, -0.15) is 0 Å². The Morgan fingerprint density at radius 3 is 2.41 bits per heavy atom. The zero-order chi connectivity index (χ0) is 20.6. The summed E-state index contributed by atoms with van der Waals surface area (Å²) in [5.41, 5.74) is 1.17. The Hall–Kier alpha value is -3.45. The summed E-state index contributed by atoms with van der Waals surface area (Å²) < 4.78 is 31.2. The summed E-state index contributed by atoms with van der Waals surface area (Å²) in [7, 11) is -2.34. The lowest BCUT2D eigenvalue weighted by atomic mass is 10.0. The number of fused-ring (bicyclic) bond motifs is 2. The number of methoxy groups -OCH3 is 1. The average Bonchev–Trinajstić information content (AvgIpc) is 2.76. The fourth-order valence-corrected chi connectivity index (χ4v) is 5.03. The third-order valence-electron chi connectivity index (χ3n) is 4.83. The summed E-state index contributed by atoms with van der Waals surface area (Å²) in [6.45, 7) is 0.217. The molecule has 0 spiro atoms. The van der Waals surface area contributed by atoms with Crippen LogP contribution < -0.4 is 10.1 Å². The van der Waals surface area contributed by atoms with Gasteiger partial charge >= 0.3 is 0 Å². The molecule has 1 amide bonds. The highest BCUT2D eigenvalue weighted by molar-refractivity contribution is 7.91. The molecule has 3 aromatic rings. The zero-order valence-electron chi connectivity index (χ0n) is 15.5. The Balaban J connectivity index is 1.65. The summed E-state index contributed by atoms with van der Waals surface area (Å²) in [5, 5.41) is 2.76. The lowest BCUT2D eigenvalue weighted by Crippen LogP contribution is -2.25. The van der Waals surface area contributed by atoms with E-state index in [1.165, 1.54) is 30.3 Å². The molecule has 7 heteroatoms. The number of para-hydroxylation sites is 1. The number of carbonyl (C=O) groups is 2. The van der Waals surface area contributed by atoms with Crippen molar-refractivity contribution in [3.05, 3.63) is 89.0 Å². The van der Waals surface area contributed by atoms with Crippen molar-refractivity contribution in [1.29, 1.82) is 0 Å². The molecule has 0 aliphatic carbocycles. The molecule has 4 rings (SSSR count). The Morgan fingerprint density at radius 1 is 0.931 bits per heavy atom. The van der Waals surface area contributed by atoms with Crippen molar-refractivity contribution >= 4 is 21.5 Å². The van der Waals surface area contributed by atoms with Crippen LogP contribution >= 0.6 is 0 Å². The molecule has 0 fully saturated rings. The van der Waals surface area contributed by atoms with Crippen LogP contribution in [0.4, 0.5) is 0 Å². The Morgan fingerprint density at radius 2 is 1.62 bits per heavy atom. The number of benzene rings is 3. The van der Waals surface area contributed by atoms with Crippen LogP contribution in [0.3, 0.4) is 0 Å². The van der Waals surface area contributed by atoms with Gasteiger partial charge < -0.3 is 10.1 Å². The van der Waals surface area contributed by atoms with Crippen LogP contribution in [0, 0.1) is 0 Å². The standard InChI is InChI=1S/C22H17NO5S/c1-28-18-8-4-2-6-15(18)13-23-22(25)14-10-11-17-20(12-14)29(26,27)19-9-5-3-7-16(19)21(17)24/h2-12H,13H2,1H3,(H,23,25). The van der Waals surface area contributed by atoms with Gasteiger partial charge in [-0.25, -0.2) is 8.42 Å². The molecule has 1 aliphatic rings. The van der Waals surface area contributed by atoms with Gasteiger partial charge in [-0.15, -0.1) is 0 Å². The Kier molecular flexibility index (Phi) is 4.68. The van der Waals surface area contributed by atoms with Crippen molar-refractivity contribution in [3.8, 4) is 5.75 Å². The van der Waals surface area contributed by atoms with Crippen molar-refractivity contribution in [3.63, 3.8) is 0 Å². The first kappa shape index (κ1) is 18.9. The number of hydrogen-bond acceptors (Lipinski definition) is 5. The van der Waals surface area contributed by atoms with Crippen LogP contribution in [0.15, 0.2) is 76.5 Å². The lowest BCUT2D eigenvalue weighted by molar-refractivity contribution is 0.0948. The summed E-state index contributed by atoms with van der Waals surface area (Å²) in [6, 6.07) is 17.5.